The molecule has 1 aromatic rings. The summed E-state index contributed by atoms with van der Waals surface area (Å²) in [4.78, 5) is 11.6. The fourth-order valence-electron chi connectivity index (χ4n) is 2.39. The van der Waals surface area contributed by atoms with E-state index < -0.39 is 0 Å². The Balaban J connectivity index is 1.66. The van der Waals surface area contributed by atoms with Crippen molar-refractivity contribution < 1.29 is 4.79 Å². The zero-order chi connectivity index (χ0) is 14.5. The summed E-state index contributed by atoms with van der Waals surface area (Å²) in [5.74, 6) is 0.529. The molecule has 0 radical (unpaired) electrons. The molecule has 1 unspecified atom stereocenters. The van der Waals surface area contributed by atoms with Gasteiger partial charge in [-0.2, -0.15) is 0 Å². The van der Waals surface area contributed by atoms with Crippen molar-refractivity contribution in [3.8, 4) is 0 Å². The van der Waals surface area contributed by atoms with Gasteiger partial charge in [0.05, 0.1) is 0 Å². The Kier molecular flexibility index (Phi) is 5.26. The normalized spacial score (nSPS) is 22.8. The second-order valence-corrected chi connectivity index (χ2v) is 6.02. The van der Waals surface area contributed by atoms with Crippen molar-refractivity contribution in [2.45, 2.75) is 44.2 Å². The van der Waals surface area contributed by atoms with Gasteiger partial charge in [0.25, 0.3) is 0 Å². The van der Waals surface area contributed by atoms with Crippen LogP contribution in [0.5, 0.6) is 0 Å². The van der Waals surface area contributed by atoms with Crippen molar-refractivity contribution in [1.82, 2.24) is 10.6 Å². The van der Waals surface area contributed by atoms with Crippen molar-refractivity contribution in [1.29, 1.82) is 0 Å². The van der Waals surface area contributed by atoms with Crippen molar-refractivity contribution in [2.24, 2.45) is 5.73 Å². The number of nitrogens with two attached hydrogens (primary N) is 1. The fourth-order valence-corrected chi connectivity index (χ4v) is 2.52. The van der Waals surface area contributed by atoms with Crippen molar-refractivity contribution in [3.05, 3.63) is 34.9 Å². The van der Waals surface area contributed by atoms with Gasteiger partial charge < -0.3 is 16.4 Å². The van der Waals surface area contributed by atoms with Crippen LogP contribution in [0.4, 0.5) is 4.79 Å². The van der Waals surface area contributed by atoms with Crippen LogP contribution in [0.3, 0.4) is 0 Å². The number of carbonyl (C=O) groups is 1. The molecule has 2 amide bonds. The lowest BCUT2D eigenvalue weighted by atomic mass is 9.76. The predicted octanol–water partition coefficient (Wildman–Crippen LogP) is 2.62. The Hall–Kier alpha value is -1.26. The van der Waals surface area contributed by atoms with E-state index in [-0.39, 0.29) is 18.1 Å². The monoisotopic (exact) mass is 295 g/mol. The lowest BCUT2D eigenvalue weighted by Gasteiger charge is -2.36. The molecule has 1 aromatic carbocycles. The Bertz CT molecular complexity index is 441. The SMILES string of the molecule is CC(N)CCNC(=O)NC1CC(c2ccc(Cl)cc2)C1. The average molecular weight is 296 g/mol. The summed E-state index contributed by atoms with van der Waals surface area (Å²) in [6.45, 7) is 2.55. The van der Waals surface area contributed by atoms with E-state index in [9.17, 15) is 4.79 Å². The summed E-state index contributed by atoms with van der Waals surface area (Å²) in [7, 11) is 0. The second kappa shape index (κ2) is 6.95. The van der Waals surface area contributed by atoms with E-state index in [1.807, 2.05) is 19.1 Å². The summed E-state index contributed by atoms with van der Waals surface area (Å²) in [6.07, 6.45) is 2.77. The molecule has 2 rings (SSSR count). The number of benzene rings is 1. The molecule has 1 aliphatic rings. The molecule has 0 aromatic heterocycles. The van der Waals surface area contributed by atoms with E-state index in [0.717, 1.165) is 24.3 Å². The first-order valence-corrected chi connectivity index (χ1v) is 7.48. The van der Waals surface area contributed by atoms with E-state index in [0.29, 0.717) is 12.5 Å². The number of hydrogen-bond donors (Lipinski definition) is 3. The Morgan fingerprint density at radius 3 is 2.65 bits per heavy atom. The standard InChI is InChI=1S/C15H22ClN3O/c1-10(17)6-7-18-15(20)19-14-8-12(9-14)11-2-4-13(16)5-3-11/h2-5,10,12,14H,6-9,17H2,1H3,(H2,18,19,20). The first kappa shape index (κ1) is 15.1. The Morgan fingerprint density at radius 1 is 1.40 bits per heavy atom. The summed E-state index contributed by atoms with van der Waals surface area (Å²) >= 11 is 5.87. The molecule has 0 saturated heterocycles. The van der Waals surface area contributed by atoms with Crippen LogP contribution in [-0.4, -0.2) is 24.7 Å². The van der Waals surface area contributed by atoms with Crippen LogP contribution in [0.15, 0.2) is 24.3 Å². The van der Waals surface area contributed by atoms with Gasteiger partial charge in [0.1, 0.15) is 0 Å². The fraction of sp³-hybridized carbons (Fsp3) is 0.533. The summed E-state index contributed by atoms with van der Waals surface area (Å²) in [6, 6.07) is 8.25. The molecular weight excluding hydrogens is 274 g/mol. The van der Waals surface area contributed by atoms with Gasteiger partial charge in [-0.3, -0.25) is 0 Å². The number of halogens is 1. The third-order valence-electron chi connectivity index (χ3n) is 3.70. The second-order valence-electron chi connectivity index (χ2n) is 5.58. The average Bonchev–Trinajstić information content (AvgIpc) is 2.34. The summed E-state index contributed by atoms with van der Waals surface area (Å²) < 4.78 is 0. The van der Waals surface area contributed by atoms with Gasteiger partial charge in [-0.1, -0.05) is 23.7 Å². The van der Waals surface area contributed by atoms with Gasteiger partial charge >= 0.3 is 6.03 Å². The molecule has 0 spiro atoms. The minimum absolute atomic E-state index is 0.0924. The zero-order valence-corrected chi connectivity index (χ0v) is 12.5. The number of rotatable bonds is 5. The molecule has 110 valence electrons. The smallest absolute Gasteiger partial charge is 0.315 e. The van der Waals surface area contributed by atoms with Gasteiger partial charge in [0, 0.05) is 23.7 Å². The Morgan fingerprint density at radius 2 is 2.05 bits per heavy atom. The quantitative estimate of drug-likeness (QED) is 0.782. The van der Waals surface area contributed by atoms with Gasteiger partial charge in [-0.05, 0) is 49.8 Å². The molecule has 0 bridgehead atoms. The van der Waals surface area contributed by atoms with E-state index in [2.05, 4.69) is 22.8 Å². The molecule has 4 nitrogen and oxygen atoms in total. The zero-order valence-electron chi connectivity index (χ0n) is 11.7. The number of hydrogen-bond acceptors (Lipinski definition) is 2. The lowest BCUT2D eigenvalue weighted by Crippen LogP contribution is -2.48. The van der Waals surface area contributed by atoms with Crippen LogP contribution in [-0.2, 0) is 0 Å². The van der Waals surface area contributed by atoms with Crippen LogP contribution in [0, 0.1) is 0 Å². The van der Waals surface area contributed by atoms with Gasteiger partial charge in [-0.25, -0.2) is 4.79 Å². The van der Waals surface area contributed by atoms with Crippen LogP contribution in [0.25, 0.3) is 0 Å². The maximum Gasteiger partial charge on any atom is 0.315 e. The number of nitrogens with one attached hydrogen (secondary N) is 2. The molecule has 4 N–H and O–H groups in total. The highest BCUT2D eigenvalue weighted by Crippen LogP contribution is 2.37. The highest BCUT2D eigenvalue weighted by molar-refractivity contribution is 6.30. The van der Waals surface area contributed by atoms with E-state index in [1.165, 1.54) is 5.56 Å². The molecule has 0 heterocycles. The molecule has 0 aliphatic heterocycles. The topological polar surface area (TPSA) is 67.1 Å². The predicted molar refractivity (Wildman–Crippen MR) is 82.0 cm³/mol. The molecule has 1 saturated carbocycles. The highest BCUT2D eigenvalue weighted by atomic mass is 35.5. The molecule has 5 heteroatoms. The number of amides is 2. The minimum Gasteiger partial charge on any atom is -0.338 e. The summed E-state index contributed by atoms with van der Waals surface area (Å²) in [5.41, 5.74) is 6.93. The van der Waals surface area contributed by atoms with Crippen LogP contribution < -0.4 is 16.4 Å². The third kappa shape index (κ3) is 4.39. The van der Waals surface area contributed by atoms with E-state index in [1.54, 1.807) is 0 Å². The third-order valence-corrected chi connectivity index (χ3v) is 3.95. The van der Waals surface area contributed by atoms with E-state index in [4.69, 9.17) is 17.3 Å². The maximum absolute atomic E-state index is 11.6. The largest absolute Gasteiger partial charge is 0.338 e. The van der Waals surface area contributed by atoms with Gasteiger partial charge in [0.15, 0.2) is 0 Å². The first-order chi connectivity index (χ1) is 9.54. The first-order valence-electron chi connectivity index (χ1n) is 7.10. The molecular formula is C15H22ClN3O. The maximum atomic E-state index is 11.6. The van der Waals surface area contributed by atoms with Gasteiger partial charge in [0.2, 0.25) is 0 Å². The van der Waals surface area contributed by atoms with Crippen LogP contribution in [0.1, 0.15) is 37.7 Å². The summed E-state index contributed by atoms with van der Waals surface area (Å²) in [5, 5.41) is 6.57. The number of carbonyl (C=O) groups excluding carboxylic acids is 1. The van der Waals surface area contributed by atoms with Crippen molar-refractivity contribution in [2.75, 3.05) is 6.54 Å². The van der Waals surface area contributed by atoms with Crippen LogP contribution >= 0.6 is 11.6 Å². The highest BCUT2D eigenvalue weighted by Gasteiger charge is 2.31. The molecule has 1 aliphatic carbocycles. The molecule has 20 heavy (non-hydrogen) atoms. The van der Waals surface area contributed by atoms with Crippen molar-refractivity contribution >= 4 is 17.6 Å². The van der Waals surface area contributed by atoms with Crippen molar-refractivity contribution in [3.63, 3.8) is 0 Å². The van der Waals surface area contributed by atoms with Gasteiger partial charge in [-0.15, -0.1) is 0 Å². The molecule has 1 atom stereocenters. The van der Waals surface area contributed by atoms with Crippen LogP contribution in [0.2, 0.25) is 5.02 Å². The lowest BCUT2D eigenvalue weighted by molar-refractivity contribution is 0.222. The molecule has 1 fully saturated rings. The van der Waals surface area contributed by atoms with E-state index >= 15 is 0 Å². The minimum atomic E-state index is -0.0924. The number of urea groups is 1. The Labute approximate surface area is 125 Å².